The number of hydrogen-bond acceptors (Lipinski definition) is 1. The summed E-state index contributed by atoms with van der Waals surface area (Å²) in [6.45, 7) is 0. The lowest BCUT2D eigenvalue weighted by molar-refractivity contribution is -0.137. The first-order valence-electron chi connectivity index (χ1n) is 4.90. The van der Waals surface area contributed by atoms with Gasteiger partial charge < -0.3 is 5.73 Å². The number of halogens is 3. The first kappa shape index (κ1) is 11.0. The first-order chi connectivity index (χ1) is 7.39. The fourth-order valence-corrected chi connectivity index (χ4v) is 1.70. The number of hydrogen-bond donors (Lipinski definition) is 1. The van der Waals surface area contributed by atoms with Crippen molar-refractivity contribution in [1.82, 2.24) is 0 Å². The van der Waals surface area contributed by atoms with E-state index in [2.05, 4.69) is 0 Å². The summed E-state index contributed by atoms with van der Waals surface area (Å²) < 4.78 is 37.4. The van der Waals surface area contributed by atoms with E-state index in [9.17, 15) is 18.0 Å². The number of rotatable bonds is 2. The predicted molar refractivity (Wildman–Crippen MR) is 51.9 cm³/mol. The van der Waals surface area contributed by atoms with Crippen molar-refractivity contribution in [3.8, 4) is 0 Å². The molecule has 1 saturated carbocycles. The van der Waals surface area contributed by atoms with Gasteiger partial charge in [-0.05, 0) is 42.5 Å². The van der Waals surface area contributed by atoms with Crippen molar-refractivity contribution in [2.24, 2.45) is 5.73 Å². The second-order valence-electron chi connectivity index (χ2n) is 3.94. The summed E-state index contributed by atoms with van der Waals surface area (Å²) in [5.74, 6) is -0.611. The average molecular weight is 229 g/mol. The van der Waals surface area contributed by atoms with E-state index in [4.69, 9.17) is 5.73 Å². The normalized spacial score (nSPS) is 16.2. The molecular weight excluding hydrogens is 219 g/mol. The third-order valence-electron chi connectivity index (χ3n) is 2.66. The van der Waals surface area contributed by atoms with Crippen molar-refractivity contribution in [3.05, 3.63) is 34.9 Å². The highest BCUT2D eigenvalue weighted by Gasteiger charge is 2.34. The van der Waals surface area contributed by atoms with Crippen LogP contribution in [0.3, 0.4) is 0 Å². The van der Waals surface area contributed by atoms with Crippen LogP contribution in [0, 0.1) is 0 Å². The highest BCUT2D eigenvalue weighted by Crippen LogP contribution is 2.43. The number of nitrogens with two attached hydrogens (primary N) is 1. The molecule has 5 heteroatoms. The van der Waals surface area contributed by atoms with Crippen LogP contribution in [0.4, 0.5) is 13.2 Å². The maximum absolute atomic E-state index is 12.5. The third kappa shape index (κ3) is 2.03. The van der Waals surface area contributed by atoms with Gasteiger partial charge in [0.1, 0.15) is 0 Å². The summed E-state index contributed by atoms with van der Waals surface area (Å²) in [6, 6.07) is 3.10. The number of primary amides is 1. The molecule has 2 nitrogen and oxygen atoms in total. The molecule has 1 aromatic carbocycles. The van der Waals surface area contributed by atoms with Crippen molar-refractivity contribution >= 4 is 5.91 Å². The standard InChI is InChI=1S/C11H10F3NO/c12-11(13,14)7-3-4-8(10(15)16)9(5-7)6-1-2-6/h3-6H,1-2H2,(H2,15,16). The van der Waals surface area contributed by atoms with Gasteiger partial charge in [-0.15, -0.1) is 0 Å². The van der Waals surface area contributed by atoms with Gasteiger partial charge in [-0.25, -0.2) is 0 Å². The quantitative estimate of drug-likeness (QED) is 0.832. The predicted octanol–water partition coefficient (Wildman–Crippen LogP) is 2.68. The fourth-order valence-electron chi connectivity index (χ4n) is 1.70. The van der Waals surface area contributed by atoms with Gasteiger partial charge in [0, 0.05) is 5.56 Å². The van der Waals surface area contributed by atoms with Crippen LogP contribution in [0.15, 0.2) is 18.2 Å². The van der Waals surface area contributed by atoms with Crippen LogP contribution in [-0.2, 0) is 6.18 Å². The molecule has 2 rings (SSSR count). The van der Waals surface area contributed by atoms with Crippen LogP contribution in [0.25, 0.3) is 0 Å². The maximum Gasteiger partial charge on any atom is 0.416 e. The molecule has 0 atom stereocenters. The summed E-state index contributed by atoms with van der Waals surface area (Å²) in [4.78, 5) is 11.1. The van der Waals surface area contributed by atoms with E-state index < -0.39 is 17.6 Å². The van der Waals surface area contributed by atoms with Gasteiger partial charge in [-0.2, -0.15) is 13.2 Å². The maximum atomic E-state index is 12.5. The summed E-state index contributed by atoms with van der Waals surface area (Å²) in [5, 5.41) is 0. The van der Waals surface area contributed by atoms with E-state index in [0.29, 0.717) is 5.56 Å². The molecule has 1 aromatic rings. The molecule has 0 unspecified atom stereocenters. The van der Waals surface area contributed by atoms with Gasteiger partial charge in [-0.3, -0.25) is 4.79 Å². The third-order valence-corrected chi connectivity index (χ3v) is 2.66. The lowest BCUT2D eigenvalue weighted by Crippen LogP contribution is -2.15. The number of carbonyl (C=O) groups is 1. The van der Waals surface area contributed by atoms with Crippen LogP contribution in [0.1, 0.15) is 40.2 Å². The Bertz CT molecular complexity index is 435. The van der Waals surface area contributed by atoms with E-state index >= 15 is 0 Å². The Morgan fingerprint density at radius 1 is 1.31 bits per heavy atom. The van der Waals surface area contributed by atoms with Gasteiger partial charge in [0.2, 0.25) is 5.91 Å². The van der Waals surface area contributed by atoms with Crippen molar-refractivity contribution in [1.29, 1.82) is 0 Å². The Morgan fingerprint density at radius 2 is 1.94 bits per heavy atom. The minimum absolute atomic E-state index is 0.0600. The molecule has 2 N–H and O–H groups in total. The number of amides is 1. The van der Waals surface area contributed by atoms with E-state index in [1.54, 1.807) is 0 Å². The zero-order valence-corrected chi connectivity index (χ0v) is 8.34. The van der Waals surface area contributed by atoms with Gasteiger partial charge in [0.15, 0.2) is 0 Å². The topological polar surface area (TPSA) is 43.1 Å². The number of benzene rings is 1. The monoisotopic (exact) mass is 229 g/mol. The van der Waals surface area contributed by atoms with E-state index in [1.165, 1.54) is 6.07 Å². The smallest absolute Gasteiger partial charge is 0.366 e. The molecule has 1 aliphatic carbocycles. The summed E-state index contributed by atoms with van der Waals surface area (Å²) in [5.41, 5.74) is 5.03. The van der Waals surface area contributed by atoms with Gasteiger partial charge >= 0.3 is 6.18 Å². The number of alkyl halides is 3. The van der Waals surface area contributed by atoms with Crippen molar-refractivity contribution in [3.63, 3.8) is 0 Å². The van der Waals surface area contributed by atoms with Crippen LogP contribution < -0.4 is 5.73 Å². The molecule has 0 bridgehead atoms. The van der Waals surface area contributed by atoms with Crippen molar-refractivity contribution < 1.29 is 18.0 Å². The zero-order chi connectivity index (χ0) is 11.9. The van der Waals surface area contributed by atoms with E-state index in [0.717, 1.165) is 25.0 Å². The first-order valence-corrected chi connectivity index (χ1v) is 4.90. The van der Waals surface area contributed by atoms with Crippen LogP contribution >= 0.6 is 0 Å². The van der Waals surface area contributed by atoms with Crippen molar-refractivity contribution in [2.45, 2.75) is 24.9 Å². The molecule has 0 radical (unpaired) electrons. The second-order valence-corrected chi connectivity index (χ2v) is 3.94. The Labute approximate surface area is 90.2 Å². The molecule has 16 heavy (non-hydrogen) atoms. The lowest BCUT2D eigenvalue weighted by atomic mass is 9.99. The molecule has 1 aliphatic rings. The molecule has 0 saturated heterocycles. The summed E-state index contributed by atoms with van der Waals surface area (Å²) in [7, 11) is 0. The largest absolute Gasteiger partial charge is 0.416 e. The minimum Gasteiger partial charge on any atom is -0.366 e. The van der Waals surface area contributed by atoms with E-state index in [1.807, 2.05) is 0 Å². The van der Waals surface area contributed by atoms with Gasteiger partial charge in [0.25, 0.3) is 0 Å². The molecule has 0 aromatic heterocycles. The minimum atomic E-state index is -4.38. The Hall–Kier alpha value is -1.52. The molecule has 1 amide bonds. The molecule has 0 heterocycles. The molecule has 0 aliphatic heterocycles. The Kier molecular flexibility index (Phi) is 2.40. The van der Waals surface area contributed by atoms with Crippen LogP contribution in [-0.4, -0.2) is 5.91 Å². The Morgan fingerprint density at radius 3 is 2.38 bits per heavy atom. The number of carbonyl (C=O) groups excluding carboxylic acids is 1. The molecule has 86 valence electrons. The average Bonchev–Trinajstić information content (AvgIpc) is 2.98. The lowest BCUT2D eigenvalue weighted by Gasteiger charge is -2.11. The fraction of sp³-hybridized carbons (Fsp3) is 0.364. The van der Waals surface area contributed by atoms with Crippen LogP contribution in [0.5, 0.6) is 0 Å². The highest BCUT2D eigenvalue weighted by atomic mass is 19.4. The van der Waals surface area contributed by atoms with Gasteiger partial charge in [-0.1, -0.05) is 0 Å². The van der Waals surface area contributed by atoms with Crippen molar-refractivity contribution in [2.75, 3.05) is 0 Å². The van der Waals surface area contributed by atoms with Crippen LogP contribution in [0.2, 0.25) is 0 Å². The SMILES string of the molecule is NC(=O)c1ccc(C(F)(F)F)cc1C1CC1. The summed E-state index contributed by atoms with van der Waals surface area (Å²) in [6.07, 6.45) is -2.73. The Balaban J connectivity index is 2.48. The highest BCUT2D eigenvalue weighted by molar-refractivity contribution is 5.94. The zero-order valence-electron chi connectivity index (χ0n) is 8.34. The second kappa shape index (κ2) is 3.50. The summed E-state index contributed by atoms with van der Waals surface area (Å²) >= 11 is 0. The molecule has 0 spiro atoms. The molecule has 1 fully saturated rings. The van der Waals surface area contributed by atoms with E-state index in [-0.39, 0.29) is 11.5 Å². The molecular formula is C11H10F3NO. The van der Waals surface area contributed by atoms with Gasteiger partial charge in [0.05, 0.1) is 5.56 Å².